The van der Waals surface area contributed by atoms with E-state index in [2.05, 4.69) is 33.8 Å². The largest absolute Gasteiger partial charge is 0.741 e. The van der Waals surface area contributed by atoms with Crippen LogP contribution in [0.2, 0.25) is 0 Å². The molecule has 0 aliphatic heterocycles. The van der Waals surface area contributed by atoms with E-state index in [-0.39, 0.29) is 25.7 Å². The van der Waals surface area contributed by atoms with Crippen molar-refractivity contribution >= 4 is 35.9 Å². The number of alkyl halides is 3. The average molecular weight is 390 g/mol. The fourth-order valence-electron chi connectivity index (χ4n) is 0.301. The van der Waals surface area contributed by atoms with Gasteiger partial charge in [0, 0.05) is 17.6 Å². The molecule has 101 valence electrons. The van der Waals surface area contributed by atoms with Gasteiger partial charge in [-0.3, -0.25) is 0 Å². The summed E-state index contributed by atoms with van der Waals surface area (Å²) >= 11 is 4.53. The van der Waals surface area contributed by atoms with Crippen molar-refractivity contribution in [1.29, 1.82) is 0 Å². The average Bonchev–Trinajstić information content (AvgIpc) is 2.05. The summed E-state index contributed by atoms with van der Waals surface area (Å²) in [5.74, 6) is 0. The summed E-state index contributed by atoms with van der Waals surface area (Å²) in [4.78, 5) is 0. The van der Waals surface area contributed by atoms with Crippen molar-refractivity contribution in [3.05, 3.63) is 0 Å². The van der Waals surface area contributed by atoms with E-state index in [4.69, 9.17) is 13.0 Å². The van der Waals surface area contributed by atoms with Crippen LogP contribution in [0.15, 0.2) is 0 Å². The fourth-order valence-corrected chi connectivity index (χ4v) is 1.63. The maximum atomic E-state index is 10.7. The molecule has 0 saturated heterocycles. The number of hydrogen-bond acceptors (Lipinski definition) is 4. The molecule has 11 heteroatoms. The molecule has 0 aromatic rings. The van der Waals surface area contributed by atoms with E-state index in [1.807, 2.05) is 0 Å². The molecule has 0 aliphatic carbocycles. The molecule has 0 heterocycles. The Labute approximate surface area is 113 Å². The molecule has 0 aromatic heterocycles. The maximum absolute atomic E-state index is 10.7. The molecular weight excluding hydrogens is 380 g/mol. The Hall–Kier alpha value is 1.15. The van der Waals surface area contributed by atoms with Gasteiger partial charge in [0.2, 0.25) is 0 Å². The van der Waals surface area contributed by atoms with Gasteiger partial charge >= 0.3 is 59.8 Å². The van der Waals surface area contributed by atoms with Gasteiger partial charge in [-0.25, -0.2) is 8.42 Å². The van der Waals surface area contributed by atoms with Crippen molar-refractivity contribution in [2.24, 2.45) is 0 Å². The van der Waals surface area contributed by atoms with Gasteiger partial charge in [0.15, 0.2) is 10.1 Å². The molecule has 0 aliphatic rings. The van der Waals surface area contributed by atoms with Crippen LogP contribution < -0.4 is 0 Å². The quantitative estimate of drug-likeness (QED) is 0.318. The Bertz CT molecular complexity index is 251. The molecule has 0 unspecified atom stereocenters. The van der Waals surface area contributed by atoms with E-state index < -0.39 is 15.6 Å². The normalized spacial score (nSPS) is 11.6. The van der Waals surface area contributed by atoms with E-state index in [1.165, 1.54) is 0 Å². The second kappa shape index (κ2) is 10.1. The third-order valence-electron chi connectivity index (χ3n) is 1.07. The zero-order valence-corrected chi connectivity index (χ0v) is 13.1. The van der Waals surface area contributed by atoms with Crippen molar-refractivity contribution in [2.75, 3.05) is 12.3 Å². The Kier molecular flexibility index (Phi) is 14.1. The SMILES string of the molecule is CCP(CC)[O][Cu+].O=S(=O)([O-])C(F)(F)F.[Ge]. The molecule has 4 radical (unpaired) electrons. The van der Waals surface area contributed by atoms with Crippen LogP contribution >= 0.6 is 8.15 Å². The Morgan fingerprint density at radius 2 is 1.56 bits per heavy atom. The van der Waals surface area contributed by atoms with Crippen LogP contribution in [-0.4, -0.2) is 48.4 Å². The van der Waals surface area contributed by atoms with Crippen molar-refractivity contribution < 1.29 is 46.1 Å². The van der Waals surface area contributed by atoms with Crippen LogP contribution in [0.5, 0.6) is 0 Å². The van der Waals surface area contributed by atoms with Gasteiger partial charge in [0.05, 0.1) is 0 Å². The zero-order chi connectivity index (χ0) is 12.7. The molecule has 0 aromatic carbocycles. The molecule has 0 N–H and O–H groups in total. The molecule has 0 amide bonds. The Balaban J connectivity index is -0.000000200. The van der Waals surface area contributed by atoms with E-state index in [9.17, 15) is 13.2 Å². The smallest absolute Gasteiger partial charge is 0.485 e. The van der Waals surface area contributed by atoms with Gasteiger partial charge in [-0.1, -0.05) is 0 Å². The van der Waals surface area contributed by atoms with Gasteiger partial charge < -0.3 is 4.55 Å². The third kappa shape index (κ3) is 11.6. The minimum absolute atomic E-state index is 0. The minimum Gasteiger partial charge on any atom is -0.741 e. The summed E-state index contributed by atoms with van der Waals surface area (Å²) in [6, 6.07) is 0. The summed E-state index contributed by atoms with van der Waals surface area (Å²) < 4.78 is 63.6. The molecular formula is C5H10CuF3GeO4PS. The van der Waals surface area contributed by atoms with Gasteiger partial charge in [-0.2, -0.15) is 13.2 Å². The Morgan fingerprint density at radius 1 is 1.31 bits per heavy atom. The number of rotatable bonds is 3. The first-order valence-electron chi connectivity index (χ1n) is 3.62. The summed E-state index contributed by atoms with van der Waals surface area (Å²) in [5.41, 5.74) is -5.65. The summed E-state index contributed by atoms with van der Waals surface area (Å²) in [5, 5.41) is 0. The second-order valence-corrected chi connectivity index (χ2v) is 6.29. The molecule has 0 bridgehead atoms. The topological polar surface area (TPSA) is 66.4 Å². The summed E-state index contributed by atoms with van der Waals surface area (Å²) in [6.07, 6.45) is 2.17. The molecule has 4 nitrogen and oxygen atoms in total. The standard InChI is InChI=1S/C4H10OP.CHF3O3S.Cu.Ge/c1-3-6(5)4-2;2-1(3,4)8(5,6)7;;/h3-4H2,1-2H3;(H,5,6,7);;/q-1;;+2;/p-1. The van der Waals surface area contributed by atoms with Gasteiger partial charge in [-0.05, 0) is 0 Å². The van der Waals surface area contributed by atoms with Crippen LogP contribution in [0.1, 0.15) is 13.8 Å². The summed E-state index contributed by atoms with van der Waals surface area (Å²) in [7, 11) is -6.34. The van der Waals surface area contributed by atoms with Crippen LogP contribution in [0.4, 0.5) is 13.2 Å². The monoisotopic (exact) mass is 391 g/mol. The first-order valence-corrected chi connectivity index (χ1v) is 7.05. The molecule has 16 heavy (non-hydrogen) atoms. The van der Waals surface area contributed by atoms with Gasteiger partial charge in [0.25, 0.3) is 0 Å². The van der Waals surface area contributed by atoms with E-state index in [1.54, 1.807) is 0 Å². The van der Waals surface area contributed by atoms with Crippen LogP contribution in [0.3, 0.4) is 0 Å². The fraction of sp³-hybridized carbons (Fsp3) is 1.00. The molecule has 0 atom stereocenters. The van der Waals surface area contributed by atoms with E-state index >= 15 is 0 Å². The van der Waals surface area contributed by atoms with Crippen molar-refractivity contribution in [2.45, 2.75) is 19.4 Å². The van der Waals surface area contributed by atoms with Crippen molar-refractivity contribution in [3.63, 3.8) is 0 Å². The minimum atomic E-state index is -6.09. The summed E-state index contributed by atoms with van der Waals surface area (Å²) in [6.45, 7) is 4.19. The number of hydrogen-bond donors (Lipinski definition) is 0. The second-order valence-electron chi connectivity index (χ2n) is 2.07. The van der Waals surface area contributed by atoms with Gasteiger partial charge in [-0.15, -0.1) is 0 Å². The molecule has 0 rings (SSSR count). The maximum Gasteiger partial charge on any atom is 0.485 e. The zero-order valence-electron chi connectivity index (χ0n) is 8.34. The van der Waals surface area contributed by atoms with Crippen molar-refractivity contribution in [1.82, 2.24) is 0 Å². The third-order valence-corrected chi connectivity index (χ3v) is 3.93. The van der Waals surface area contributed by atoms with Crippen molar-refractivity contribution in [3.8, 4) is 0 Å². The first kappa shape index (κ1) is 22.3. The van der Waals surface area contributed by atoms with Crippen LogP contribution in [0.25, 0.3) is 0 Å². The molecule has 0 fully saturated rings. The van der Waals surface area contributed by atoms with E-state index in [0.29, 0.717) is 0 Å². The van der Waals surface area contributed by atoms with Crippen LogP contribution in [-0.2, 0) is 30.1 Å². The van der Waals surface area contributed by atoms with Crippen LogP contribution in [0, 0.1) is 0 Å². The number of halogens is 3. The van der Waals surface area contributed by atoms with E-state index in [0.717, 1.165) is 12.3 Å². The first-order chi connectivity index (χ1) is 6.60. The predicted octanol–water partition coefficient (Wildman–Crippen LogP) is 1.57. The van der Waals surface area contributed by atoms with Gasteiger partial charge in [0.1, 0.15) is 0 Å². The molecule has 0 spiro atoms. The Morgan fingerprint density at radius 3 is 1.56 bits per heavy atom. The molecule has 0 saturated carbocycles. The predicted molar refractivity (Wildman–Crippen MR) is 50.6 cm³/mol.